The minimum Gasteiger partial charge on any atom is -0.370 e. The number of fused-ring (bicyclic) bond motifs is 1. The van der Waals surface area contributed by atoms with Gasteiger partial charge in [0.2, 0.25) is 0 Å². The number of carbonyl (C=O) groups excluding carboxylic acids is 1. The van der Waals surface area contributed by atoms with E-state index in [0.717, 1.165) is 0 Å². The van der Waals surface area contributed by atoms with Crippen molar-refractivity contribution in [2.45, 2.75) is 6.17 Å². The number of halogens is 2. The lowest BCUT2D eigenvalue weighted by Crippen LogP contribution is -2.35. The van der Waals surface area contributed by atoms with Crippen molar-refractivity contribution in [3.8, 4) is 0 Å². The summed E-state index contributed by atoms with van der Waals surface area (Å²) in [5.41, 5.74) is 0.714. The van der Waals surface area contributed by atoms with Gasteiger partial charge in [-0.2, -0.15) is 5.90 Å². The van der Waals surface area contributed by atoms with Gasteiger partial charge in [0, 0.05) is 4.47 Å². The SMILES string of the molecule is NOC(=O)C1Nc2cc(Br)cc(F)c2N1. The molecule has 1 aliphatic heterocycles. The van der Waals surface area contributed by atoms with Crippen LogP contribution < -0.4 is 16.5 Å². The Kier molecular flexibility index (Phi) is 2.49. The zero-order chi connectivity index (χ0) is 11.0. The average Bonchev–Trinajstić information content (AvgIpc) is 2.60. The fraction of sp³-hybridized carbons (Fsp3) is 0.125. The third-order valence-electron chi connectivity index (χ3n) is 2.00. The van der Waals surface area contributed by atoms with E-state index in [1.54, 1.807) is 6.07 Å². The maximum atomic E-state index is 13.4. The summed E-state index contributed by atoms with van der Waals surface area (Å²) in [7, 11) is 0. The van der Waals surface area contributed by atoms with Crippen LogP contribution in [0.5, 0.6) is 0 Å². The monoisotopic (exact) mass is 275 g/mol. The molecule has 1 atom stereocenters. The Morgan fingerprint density at radius 2 is 2.27 bits per heavy atom. The lowest BCUT2D eigenvalue weighted by Gasteiger charge is -2.07. The molecule has 4 N–H and O–H groups in total. The second kappa shape index (κ2) is 3.67. The molecule has 1 aromatic rings. The van der Waals surface area contributed by atoms with Crippen LogP contribution in [0.15, 0.2) is 16.6 Å². The Labute approximate surface area is 92.9 Å². The van der Waals surface area contributed by atoms with Crippen molar-refractivity contribution < 1.29 is 14.0 Å². The Balaban J connectivity index is 2.31. The Morgan fingerprint density at radius 3 is 2.93 bits per heavy atom. The number of rotatable bonds is 1. The van der Waals surface area contributed by atoms with Crippen LogP contribution in [-0.4, -0.2) is 12.1 Å². The number of nitrogens with two attached hydrogens (primary N) is 1. The van der Waals surface area contributed by atoms with Crippen molar-refractivity contribution in [2.24, 2.45) is 5.90 Å². The van der Waals surface area contributed by atoms with E-state index in [0.29, 0.717) is 10.2 Å². The minimum atomic E-state index is -0.853. The first-order valence-corrected chi connectivity index (χ1v) is 4.84. The third-order valence-corrected chi connectivity index (χ3v) is 2.45. The van der Waals surface area contributed by atoms with E-state index in [4.69, 9.17) is 5.90 Å². The lowest BCUT2D eigenvalue weighted by atomic mass is 10.3. The highest BCUT2D eigenvalue weighted by atomic mass is 79.9. The number of nitrogens with one attached hydrogen (secondary N) is 2. The molecule has 0 saturated carbocycles. The predicted molar refractivity (Wildman–Crippen MR) is 55.4 cm³/mol. The molecule has 15 heavy (non-hydrogen) atoms. The van der Waals surface area contributed by atoms with E-state index in [9.17, 15) is 9.18 Å². The Morgan fingerprint density at radius 1 is 1.53 bits per heavy atom. The van der Waals surface area contributed by atoms with Gasteiger partial charge >= 0.3 is 5.97 Å². The number of carbonyl (C=O) groups is 1. The standard InChI is InChI=1S/C8H7BrFN3O2/c9-3-1-4(10)6-5(2-3)12-7(13-6)8(14)15-11/h1-2,7,12-13H,11H2. The third kappa shape index (κ3) is 1.75. The summed E-state index contributed by atoms with van der Waals surface area (Å²) in [6.45, 7) is 0. The number of anilines is 2. The van der Waals surface area contributed by atoms with Gasteiger partial charge in [-0.3, -0.25) is 0 Å². The summed E-state index contributed by atoms with van der Waals surface area (Å²) in [4.78, 5) is 15.1. The highest BCUT2D eigenvalue weighted by molar-refractivity contribution is 9.10. The molecule has 1 aliphatic rings. The van der Waals surface area contributed by atoms with Crippen LogP contribution in [0.25, 0.3) is 0 Å². The molecule has 5 nitrogen and oxygen atoms in total. The minimum absolute atomic E-state index is 0.230. The largest absolute Gasteiger partial charge is 0.370 e. The van der Waals surface area contributed by atoms with Gasteiger partial charge in [-0.1, -0.05) is 15.9 Å². The maximum Gasteiger partial charge on any atom is 0.367 e. The summed E-state index contributed by atoms with van der Waals surface area (Å²) in [5.74, 6) is 3.56. The second-order valence-corrected chi connectivity index (χ2v) is 3.88. The molecule has 0 aliphatic carbocycles. The summed E-state index contributed by atoms with van der Waals surface area (Å²) in [6.07, 6.45) is -0.853. The number of hydrogen-bond donors (Lipinski definition) is 3. The number of hydrogen-bond acceptors (Lipinski definition) is 5. The molecule has 80 valence electrons. The van der Waals surface area contributed by atoms with E-state index in [1.807, 2.05) is 0 Å². The van der Waals surface area contributed by atoms with E-state index in [-0.39, 0.29) is 5.69 Å². The van der Waals surface area contributed by atoms with E-state index in [2.05, 4.69) is 31.4 Å². The summed E-state index contributed by atoms with van der Waals surface area (Å²) < 4.78 is 14.0. The molecule has 1 unspecified atom stereocenters. The molecule has 0 radical (unpaired) electrons. The van der Waals surface area contributed by atoms with Crippen molar-refractivity contribution in [3.63, 3.8) is 0 Å². The normalized spacial score (nSPS) is 17.7. The van der Waals surface area contributed by atoms with Gasteiger partial charge in [-0.15, -0.1) is 0 Å². The first-order chi connectivity index (χ1) is 7.11. The van der Waals surface area contributed by atoms with Gasteiger partial charge in [-0.25, -0.2) is 9.18 Å². The molecule has 0 saturated heterocycles. The average molecular weight is 276 g/mol. The lowest BCUT2D eigenvalue weighted by molar-refractivity contribution is -0.144. The molecule has 0 fully saturated rings. The number of benzene rings is 1. The van der Waals surface area contributed by atoms with Crippen LogP contribution >= 0.6 is 15.9 Å². The van der Waals surface area contributed by atoms with Gasteiger partial charge in [0.1, 0.15) is 5.82 Å². The topological polar surface area (TPSA) is 76.4 Å². The smallest absolute Gasteiger partial charge is 0.367 e. The van der Waals surface area contributed by atoms with Crippen LogP contribution in [0.2, 0.25) is 0 Å². The predicted octanol–water partition coefficient (Wildman–Crippen LogP) is 1.17. The molecule has 1 heterocycles. The summed E-state index contributed by atoms with van der Waals surface area (Å²) in [5, 5.41) is 5.35. The highest BCUT2D eigenvalue weighted by Crippen LogP contribution is 2.34. The van der Waals surface area contributed by atoms with Gasteiger partial charge in [0.15, 0.2) is 6.17 Å². The van der Waals surface area contributed by atoms with Gasteiger partial charge in [0.25, 0.3) is 0 Å². The van der Waals surface area contributed by atoms with Crippen LogP contribution in [0, 0.1) is 5.82 Å². The van der Waals surface area contributed by atoms with Crippen molar-refractivity contribution in [2.75, 3.05) is 10.6 Å². The zero-order valence-corrected chi connectivity index (χ0v) is 8.97. The first-order valence-electron chi connectivity index (χ1n) is 4.04. The van der Waals surface area contributed by atoms with Crippen LogP contribution in [0.3, 0.4) is 0 Å². The molecular formula is C8H7BrFN3O2. The fourth-order valence-corrected chi connectivity index (χ4v) is 1.79. The molecule has 0 bridgehead atoms. The van der Waals surface area contributed by atoms with Crippen LogP contribution in [0.1, 0.15) is 0 Å². The van der Waals surface area contributed by atoms with Crippen molar-refractivity contribution in [1.82, 2.24) is 0 Å². The zero-order valence-electron chi connectivity index (χ0n) is 7.38. The fourth-order valence-electron chi connectivity index (χ4n) is 1.36. The van der Waals surface area contributed by atoms with Crippen LogP contribution in [-0.2, 0) is 9.63 Å². The van der Waals surface area contributed by atoms with Crippen LogP contribution in [0.4, 0.5) is 15.8 Å². The molecule has 0 amide bonds. The summed E-state index contributed by atoms with van der Waals surface area (Å²) in [6, 6.07) is 2.94. The highest BCUT2D eigenvalue weighted by Gasteiger charge is 2.29. The van der Waals surface area contributed by atoms with Crippen molar-refractivity contribution in [3.05, 3.63) is 22.4 Å². The molecular weight excluding hydrogens is 269 g/mol. The van der Waals surface area contributed by atoms with E-state index in [1.165, 1.54) is 6.07 Å². The quantitative estimate of drug-likeness (QED) is 0.671. The second-order valence-electron chi connectivity index (χ2n) is 2.97. The summed E-state index contributed by atoms with van der Waals surface area (Å²) >= 11 is 3.14. The first kappa shape index (κ1) is 10.2. The van der Waals surface area contributed by atoms with Gasteiger partial charge in [-0.05, 0) is 12.1 Å². The Hall–Kier alpha value is -1.34. The van der Waals surface area contributed by atoms with Crippen molar-refractivity contribution in [1.29, 1.82) is 0 Å². The van der Waals surface area contributed by atoms with E-state index < -0.39 is 18.0 Å². The maximum absolute atomic E-state index is 13.4. The van der Waals surface area contributed by atoms with Gasteiger partial charge in [0.05, 0.1) is 11.4 Å². The molecule has 0 spiro atoms. The van der Waals surface area contributed by atoms with Crippen molar-refractivity contribution >= 4 is 33.3 Å². The van der Waals surface area contributed by atoms with E-state index >= 15 is 0 Å². The molecule has 1 aromatic carbocycles. The molecule has 2 rings (SSSR count). The molecule has 0 aromatic heterocycles. The molecule has 7 heteroatoms. The van der Waals surface area contributed by atoms with Gasteiger partial charge < -0.3 is 15.5 Å². The Bertz CT molecular complexity index is 427.